The van der Waals surface area contributed by atoms with Crippen LogP contribution in [0.25, 0.3) is 22.3 Å². The summed E-state index contributed by atoms with van der Waals surface area (Å²) in [6, 6.07) is 16.0. The Bertz CT molecular complexity index is 1180. The van der Waals surface area contributed by atoms with Crippen molar-refractivity contribution >= 4 is 61.0 Å². The zero-order chi connectivity index (χ0) is 20.4. The van der Waals surface area contributed by atoms with Gasteiger partial charge in [-0.2, -0.15) is 0 Å². The van der Waals surface area contributed by atoms with Gasteiger partial charge in [0.2, 0.25) is 5.91 Å². The van der Waals surface area contributed by atoms with Crippen molar-refractivity contribution in [2.75, 3.05) is 11.9 Å². The Hall–Kier alpha value is -2.29. The van der Waals surface area contributed by atoms with E-state index in [-0.39, 0.29) is 5.91 Å². The molecule has 0 spiro atoms. The SMILES string of the molecule is CC(=O)N(C)c1nc(CSc2nc(-c3ccc(Br)cc3)nc3ccccc23)cs1. The molecule has 0 aliphatic heterocycles. The van der Waals surface area contributed by atoms with Gasteiger partial charge in [0.25, 0.3) is 0 Å². The molecule has 0 unspecified atom stereocenters. The number of halogens is 1. The number of anilines is 1. The molecule has 0 saturated heterocycles. The molecule has 0 saturated carbocycles. The van der Waals surface area contributed by atoms with Crippen molar-refractivity contribution in [2.45, 2.75) is 17.7 Å². The van der Waals surface area contributed by atoms with Gasteiger partial charge in [0.15, 0.2) is 11.0 Å². The monoisotopic (exact) mass is 484 g/mol. The van der Waals surface area contributed by atoms with E-state index in [9.17, 15) is 4.79 Å². The van der Waals surface area contributed by atoms with Crippen molar-refractivity contribution < 1.29 is 4.79 Å². The Morgan fingerprint density at radius 2 is 1.86 bits per heavy atom. The molecule has 0 atom stereocenters. The molecule has 2 aromatic heterocycles. The Balaban J connectivity index is 1.64. The summed E-state index contributed by atoms with van der Waals surface area (Å²) in [5.41, 5.74) is 2.81. The minimum atomic E-state index is -0.0283. The maximum Gasteiger partial charge on any atom is 0.225 e. The number of hydrogen-bond donors (Lipinski definition) is 0. The highest BCUT2D eigenvalue weighted by molar-refractivity contribution is 9.10. The van der Waals surface area contributed by atoms with Crippen LogP contribution in [0, 0.1) is 0 Å². The molecular weight excluding hydrogens is 468 g/mol. The molecule has 2 heterocycles. The van der Waals surface area contributed by atoms with Gasteiger partial charge in [-0.1, -0.05) is 58.0 Å². The quantitative estimate of drug-likeness (QED) is 0.265. The summed E-state index contributed by atoms with van der Waals surface area (Å²) in [6.45, 7) is 1.53. The lowest BCUT2D eigenvalue weighted by atomic mass is 10.2. The Kier molecular flexibility index (Phi) is 5.94. The molecule has 0 N–H and O–H groups in total. The van der Waals surface area contributed by atoms with E-state index >= 15 is 0 Å². The van der Waals surface area contributed by atoms with Crippen molar-refractivity contribution in [3.63, 3.8) is 0 Å². The Morgan fingerprint density at radius 1 is 1.10 bits per heavy atom. The van der Waals surface area contributed by atoms with Crippen molar-refractivity contribution in [1.82, 2.24) is 15.0 Å². The topological polar surface area (TPSA) is 59.0 Å². The first-order chi connectivity index (χ1) is 14.0. The summed E-state index contributed by atoms with van der Waals surface area (Å²) in [5, 5.41) is 4.63. The third kappa shape index (κ3) is 4.49. The zero-order valence-corrected chi connectivity index (χ0v) is 19.0. The largest absolute Gasteiger partial charge is 0.292 e. The van der Waals surface area contributed by atoms with Crippen molar-refractivity contribution in [3.8, 4) is 11.4 Å². The predicted octanol–water partition coefficient (Wildman–Crippen LogP) is 5.79. The molecule has 0 aliphatic rings. The molecule has 0 fully saturated rings. The van der Waals surface area contributed by atoms with E-state index < -0.39 is 0 Å². The molecule has 8 heteroatoms. The smallest absolute Gasteiger partial charge is 0.225 e. The minimum Gasteiger partial charge on any atom is -0.292 e. The second kappa shape index (κ2) is 8.61. The highest BCUT2D eigenvalue weighted by Crippen LogP contribution is 2.32. The molecule has 5 nitrogen and oxygen atoms in total. The number of amides is 1. The molecular formula is C21H17BrN4OS2. The highest BCUT2D eigenvalue weighted by Gasteiger charge is 2.13. The molecule has 4 rings (SSSR count). The van der Waals surface area contributed by atoms with Gasteiger partial charge in [-0.05, 0) is 18.2 Å². The molecule has 1 amide bonds. The van der Waals surface area contributed by atoms with Crippen LogP contribution in [0.2, 0.25) is 0 Å². The maximum absolute atomic E-state index is 11.5. The number of hydrogen-bond acceptors (Lipinski definition) is 6. The molecule has 146 valence electrons. The normalized spacial score (nSPS) is 11.0. The lowest BCUT2D eigenvalue weighted by molar-refractivity contribution is -0.116. The molecule has 29 heavy (non-hydrogen) atoms. The summed E-state index contributed by atoms with van der Waals surface area (Å²) < 4.78 is 1.02. The number of benzene rings is 2. The summed E-state index contributed by atoms with van der Waals surface area (Å²) in [5.74, 6) is 1.34. The average molecular weight is 485 g/mol. The van der Waals surface area contributed by atoms with E-state index in [0.717, 1.165) is 31.7 Å². The average Bonchev–Trinajstić information content (AvgIpc) is 3.20. The third-order valence-electron chi connectivity index (χ3n) is 4.33. The lowest BCUT2D eigenvalue weighted by Crippen LogP contribution is -2.22. The third-order valence-corrected chi connectivity index (χ3v) is 6.85. The lowest BCUT2D eigenvalue weighted by Gasteiger charge is -2.10. The zero-order valence-electron chi connectivity index (χ0n) is 15.8. The van der Waals surface area contributed by atoms with Gasteiger partial charge in [0, 0.05) is 40.5 Å². The number of fused-ring (bicyclic) bond motifs is 1. The van der Waals surface area contributed by atoms with E-state index in [0.29, 0.717) is 16.7 Å². The number of carbonyl (C=O) groups is 1. The van der Waals surface area contributed by atoms with Crippen LogP contribution in [0.4, 0.5) is 5.13 Å². The van der Waals surface area contributed by atoms with E-state index in [1.807, 2.05) is 53.9 Å². The standard InChI is InChI=1S/C21H17BrN4OS2/c1-13(27)26(2)21-23-16(12-29-21)11-28-20-17-5-3-4-6-18(17)24-19(25-20)14-7-9-15(22)10-8-14/h3-10,12H,11H2,1-2H3. The number of nitrogens with zero attached hydrogens (tertiary/aromatic N) is 4. The van der Waals surface area contributed by atoms with E-state index in [1.165, 1.54) is 18.3 Å². The van der Waals surface area contributed by atoms with Gasteiger partial charge in [0.05, 0.1) is 11.2 Å². The van der Waals surface area contributed by atoms with Gasteiger partial charge in [-0.25, -0.2) is 15.0 Å². The molecule has 0 radical (unpaired) electrons. The summed E-state index contributed by atoms with van der Waals surface area (Å²) in [4.78, 5) is 27.2. The number of carbonyl (C=O) groups excluding carboxylic acids is 1. The van der Waals surface area contributed by atoms with Crippen LogP contribution in [0.15, 0.2) is 63.4 Å². The fourth-order valence-corrected chi connectivity index (χ4v) is 4.79. The van der Waals surface area contributed by atoms with Gasteiger partial charge in [0.1, 0.15) is 5.03 Å². The van der Waals surface area contributed by atoms with Crippen LogP contribution in [0.5, 0.6) is 0 Å². The Morgan fingerprint density at radius 3 is 2.62 bits per heavy atom. The first-order valence-electron chi connectivity index (χ1n) is 8.85. The van der Waals surface area contributed by atoms with Crippen LogP contribution in [-0.4, -0.2) is 27.9 Å². The number of aromatic nitrogens is 3. The van der Waals surface area contributed by atoms with Crippen molar-refractivity contribution in [3.05, 3.63) is 64.1 Å². The number of rotatable bonds is 5. The molecule has 0 aliphatic carbocycles. The van der Waals surface area contributed by atoms with Gasteiger partial charge in [-0.15, -0.1) is 11.3 Å². The van der Waals surface area contributed by atoms with E-state index in [2.05, 4.69) is 20.9 Å². The van der Waals surface area contributed by atoms with Crippen LogP contribution in [0.1, 0.15) is 12.6 Å². The predicted molar refractivity (Wildman–Crippen MR) is 123 cm³/mol. The van der Waals surface area contributed by atoms with Crippen LogP contribution < -0.4 is 4.90 Å². The van der Waals surface area contributed by atoms with Gasteiger partial charge >= 0.3 is 0 Å². The number of para-hydroxylation sites is 1. The first-order valence-corrected chi connectivity index (χ1v) is 11.5. The van der Waals surface area contributed by atoms with E-state index in [1.54, 1.807) is 23.7 Å². The Labute approximate surface area is 185 Å². The second-order valence-electron chi connectivity index (χ2n) is 6.36. The summed E-state index contributed by atoms with van der Waals surface area (Å²) >= 11 is 6.57. The van der Waals surface area contributed by atoms with Gasteiger partial charge < -0.3 is 0 Å². The number of thiazole rings is 1. The fourth-order valence-electron chi connectivity index (χ4n) is 2.68. The number of thioether (sulfide) groups is 1. The summed E-state index contributed by atoms with van der Waals surface area (Å²) in [7, 11) is 1.74. The minimum absolute atomic E-state index is 0.0283. The highest BCUT2D eigenvalue weighted by atomic mass is 79.9. The molecule has 2 aromatic carbocycles. The molecule has 4 aromatic rings. The second-order valence-corrected chi connectivity index (χ2v) is 9.08. The van der Waals surface area contributed by atoms with Crippen molar-refractivity contribution in [1.29, 1.82) is 0 Å². The van der Waals surface area contributed by atoms with Crippen LogP contribution in [-0.2, 0) is 10.5 Å². The summed E-state index contributed by atoms with van der Waals surface area (Å²) in [6.07, 6.45) is 0. The molecule has 0 bridgehead atoms. The van der Waals surface area contributed by atoms with Crippen LogP contribution in [0.3, 0.4) is 0 Å². The fraction of sp³-hybridized carbons (Fsp3) is 0.143. The van der Waals surface area contributed by atoms with E-state index in [4.69, 9.17) is 9.97 Å². The maximum atomic E-state index is 11.5. The van der Waals surface area contributed by atoms with Crippen LogP contribution >= 0.6 is 39.0 Å². The van der Waals surface area contributed by atoms with Gasteiger partial charge in [-0.3, -0.25) is 9.69 Å². The first kappa shape index (κ1) is 20.0. The van der Waals surface area contributed by atoms with Crippen molar-refractivity contribution in [2.24, 2.45) is 0 Å².